The number of hydrogen-bond acceptors (Lipinski definition) is 4. The molecule has 2 aromatic carbocycles. The standard InChI is InChI=1S/C18H17BrN2O4/c1-2-11-24-16-6-4-3-5-15(16)18(23)21-20-17(22)12-25-14-9-7-13(19)8-10-14/h2-10H,1,11-12H2,(H,20,22)(H,21,23). The lowest BCUT2D eigenvalue weighted by molar-refractivity contribution is -0.123. The highest BCUT2D eigenvalue weighted by Crippen LogP contribution is 2.17. The smallest absolute Gasteiger partial charge is 0.276 e. The Bertz CT molecular complexity index is 747. The third kappa shape index (κ3) is 5.96. The summed E-state index contributed by atoms with van der Waals surface area (Å²) in [6.45, 7) is 3.61. The Morgan fingerprint density at radius 1 is 1.04 bits per heavy atom. The second-order valence-electron chi connectivity index (χ2n) is 4.84. The third-order valence-corrected chi connectivity index (χ3v) is 3.52. The van der Waals surface area contributed by atoms with Gasteiger partial charge in [0.05, 0.1) is 5.56 Å². The number of benzene rings is 2. The number of nitrogens with one attached hydrogen (secondary N) is 2. The summed E-state index contributed by atoms with van der Waals surface area (Å²) >= 11 is 3.31. The van der Waals surface area contributed by atoms with Crippen molar-refractivity contribution in [3.63, 3.8) is 0 Å². The van der Waals surface area contributed by atoms with Gasteiger partial charge in [0.15, 0.2) is 6.61 Å². The molecule has 2 rings (SSSR count). The monoisotopic (exact) mass is 404 g/mol. The minimum atomic E-state index is -0.489. The maximum Gasteiger partial charge on any atom is 0.276 e. The largest absolute Gasteiger partial charge is 0.489 e. The van der Waals surface area contributed by atoms with Gasteiger partial charge < -0.3 is 9.47 Å². The van der Waals surface area contributed by atoms with E-state index in [1.165, 1.54) is 0 Å². The number of amides is 2. The van der Waals surface area contributed by atoms with Crippen molar-refractivity contribution in [1.29, 1.82) is 0 Å². The normalized spacial score (nSPS) is 9.80. The van der Waals surface area contributed by atoms with Crippen LogP contribution in [0.5, 0.6) is 11.5 Å². The summed E-state index contributed by atoms with van der Waals surface area (Å²) in [5, 5.41) is 0. The molecule has 0 aliphatic rings. The number of para-hydroxylation sites is 1. The first kappa shape index (κ1) is 18.5. The van der Waals surface area contributed by atoms with E-state index in [0.29, 0.717) is 17.1 Å². The highest BCUT2D eigenvalue weighted by atomic mass is 79.9. The van der Waals surface area contributed by atoms with Gasteiger partial charge in [-0.25, -0.2) is 0 Å². The Labute approximate surface area is 153 Å². The molecule has 0 heterocycles. The van der Waals surface area contributed by atoms with Gasteiger partial charge in [-0.15, -0.1) is 0 Å². The predicted molar refractivity (Wildman–Crippen MR) is 97.4 cm³/mol. The number of hydrazine groups is 1. The van der Waals surface area contributed by atoms with Crippen molar-refractivity contribution in [1.82, 2.24) is 10.9 Å². The molecule has 0 aliphatic heterocycles. The van der Waals surface area contributed by atoms with E-state index in [9.17, 15) is 9.59 Å². The van der Waals surface area contributed by atoms with E-state index in [-0.39, 0.29) is 13.2 Å². The van der Waals surface area contributed by atoms with Gasteiger partial charge >= 0.3 is 0 Å². The topological polar surface area (TPSA) is 76.7 Å². The van der Waals surface area contributed by atoms with Crippen LogP contribution in [-0.2, 0) is 4.79 Å². The van der Waals surface area contributed by atoms with E-state index >= 15 is 0 Å². The summed E-state index contributed by atoms with van der Waals surface area (Å²) in [7, 11) is 0. The van der Waals surface area contributed by atoms with E-state index in [1.807, 2.05) is 0 Å². The van der Waals surface area contributed by atoms with Crippen molar-refractivity contribution < 1.29 is 19.1 Å². The molecule has 0 saturated heterocycles. The van der Waals surface area contributed by atoms with E-state index in [1.54, 1.807) is 54.6 Å². The number of hydrogen-bond donors (Lipinski definition) is 2. The minimum absolute atomic E-state index is 0.226. The van der Waals surface area contributed by atoms with Gasteiger partial charge in [-0.1, -0.05) is 40.7 Å². The van der Waals surface area contributed by atoms with Crippen LogP contribution in [0.1, 0.15) is 10.4 Å². The van der Waals surface area contributed by atoms with Crippen LogP contribution in [0, 0.1) is 0 Å². The summed E-state index contributed by atoms with van der Waals surface area (Å²) in [6.07, 6.45) is 1.58. The SMILES string of the molecule is C=CCOc1ccccc1C(=O)NNC(=O)COc1ccc(Br)cc1. The average molecular weight is 405 g/mol. The van der Waals surface area contributed by atoms with Gasteiger partial charge in [0.25, 0.3) is 11.8 Å². The third-order valence-electron chi connectivity index (χ3n) is 2.99. The van der Waals surface area contributed by atoms with Gasteiger partial charge in [-0.05, 0) is 36.4 Å². The molecule has 0 atom stereocenters. The molecule has 0 spiro atoms. The Hall–Kier alpha value is -2.80. The first-order valence-electron chi connectivity index (χ1n) is 7.40. The molecule has 0 bridgehead atoms. The van der Waals surface area contributed by atoms with Crippen LogP contribution in [0.25, 0.3) is 0 Å². The first-order valence-corrected chi connectivity index (χ1v) is 8.19. The molecule has 0 aliphatic carbocycles. The Kier molecular flexibility index (Phi) is 7.03. The maximum atomic E-state index is 12.2. The number of ether oxygens (including phenoxy) is 2. The molecule has 2 aromatic rings. The van der Waals surface area contributed by atoms with Crippen LogP contribution in [0.2, 0.25) is 0 Å². The van der Waals surface area contributed by atoms with Gasteiger partial charge in [0.2, 0.25) is 0 Å². The van der Waals surface area contributed by atoms with Crippen LogP contribution in [0.15, 0.2) is 65.7 Å². The van der Waals surface area contributed by atoms with Crippen molar-refractivity contribution in [2.45, 2.75) is 0 Å². The Morgan fingerprint density at radius 2 is 1.76 bits per heavy atom. The number of rotatable bonds is 7. The molecule has 0 unspecified atom stereocenters. The summed E-state index contributed by atoms with van der Waals surface area (Å²) in [4.78, 5) is 23.9. The highest BCUT2D eigenvalue weighted by molar-refractivity contribution is 9.10. The molecule has 130 valence electrons. The fraction of sp³-hybridized carbons (Fsp3) is 0.111. The molecule has 7 heteroatoms. The summed E-state index contributed by atoms with van der Waals surface area (Å²) in [5.74, 6) is -0.0227. The predicted octanol–water partition coefficient (Wildman–Crippen LogP) is 2.85. The van der Waals surface area contributed by atoms with Gasteiger partial charge in [0.1, 0.15) is 18.1 Å². The zero-order valence-corrected chi connectivity index (χ0v) is 14.9. The zero-order valence-electron chi connectivity index (χ0n) is 13.3. The van der Waals surface area contributed by atoms with Crippen LogP contribution in [-0.4, -0.2) is 25.0 Å². The van der Waals surface area contributed by atoms with Gasteiger partial charge in [-0.3, -0.25) is 20.4 Å². The minimum Gasteiger partial charge on any atom is -0.489 e. The van der Waals surface area contributed by atoms with Crippen molar-refractivity contribution in [2.75, 3.05) is 13.2 Å². The quantitative estimate of drug-likeness (QED) is 0.549. The Morgan fingerprint density at radius 3 is 2.48 bits per heavy atom. The molecular formula is C18H17BrN2O4. The first-order chi connectivity index (χ1) is 12.1. The van der Waals surface area contributed by atoms with Crippen LogP contribution in [0.3, 0.4) is 0 Å². The van der Waals surface area contributed by atoms with Crippen LogP contribution >= 0.6 is 15.9 Å². The lowest BCUT2D eigenvalue weighted by Gasteiger charge is -2.11. The average Bonchev–Trinajstić information content (AvgIpc) is 2.64. The molecule has 0 saturated carbocycles. The fourth-order valence-corrected chi connectivity index (χ4v) is 2.10. The molecule has 2 N–H and O–H groups in total. The van der Waals surface area contributed by atoms with E-state index in [2.05, 4.69) is 33.4 Å². The molecule has 6 nitrogen and oxygen atoms in total. The lowest BCUT2D eigenvalue weighted by atomic mass is 10.2. The number of halogens is 1. The lowest BCUT2D eigenvalue weighted by Crippen LogP contribution is -2.43. The van der Waals surface area contributed by atoms with Crippen molar-refractivity contribution >= 4 is 27.7 Å². The maximum absolute atomic E-state index is 12.2. The Balaban J connectivity index is 1.84. The van der Waals surface area contributed by atoms with Crippen molar-refractivity contribution in [3.05, 3.63) is 71.2 Å². The number of carbonyl (C=O) groups is 2. The zero-order chi connectivity index (χ0) is 18.1. The molecule has 25 heavy (non-hydrogen) atoms. The van der Waals surface area contributed by atoms with Crippen molar-refractivity contribution in [2.24, 2.45) is 0 Å². The molecule has 2 amide bonds. The van der Waals surface area contributed by atoms with Gasteiger partial charge in [0, 0.05) is 4.47 Å². The van der Waals surface area contributed by atoms with Crippen LogP contribution < -0.4 is 20.3 Å². The van der Waals surface area contributed by atoms with E-state index in [4.69, 9.17) is 9.47 Å². The second kappa shape index (κ2) is 9.48. The summed E-state index contributed by atoms with van der Waals surface area (Å²) in [6, 6.07) is 13.8. The molecule has 0 aromatic heterocycles. The van der Waals surface area contributed by atoms with E-state index in [0.717, 1.165) is 4.47 Å². The van der Waals surface area contributed by atoms with E-state index < -0.39 is 11.8 Å². The fourth-order valence-electron chi connectivity index (χ4n) is 1.84. The van der Waals surface area contributed by atoms with Crippen molar-refractivity contribution in [3.8, 4) is 11.5 Å². The highest BCUT2D eigenvalue weighted by Gasteiger charge is 2.13. The molecule has 0 radical (unpaired) electrons. The van der Waals surface area contributed by atoms with Gasteiger partial charge in [-0.2, -0.15) is 0 Å². The second-order valence-corrected chi connectivity index (χ2v) is 5.76. The number of carbonyl (C=O) groups excluding carboxylic acids is 2. The summed E-state index contributed by atoms with van der Waals surface area (Å²) in [5.41, 5.74) is 4.93. The molecule has 0 fully saturated rings. The van der Waals surface area contributed by atoms with Crippen LogP contribution in [0.4, 0.5) is 0 Å². The summed E-state index contributed by atoms with van der Waals surface area (Å²) < 4.78 is 11.6. The molecular weight excluding hydrogens is 388 g/mol.